The molecule has 0 saturated carbocycles. The largest absolute Gasteiger partial charge is 0.439 e. The Morgan fingerprint density at radius 1 is 1.04 bits per heavy atom. The van der Waals surface area contributed by atoms with Crippen molar-refractivity contribution >= 4 is 5.91 Å². The molecule has 5 nitrogen and oxygen atoms in total. The third kappa shape index (κ3) is 5.66. The number of rotatable bonds is 8. The van der Waals surface area contributed by atoms with Gasteiger partial charge < -0.3 is 15.8 Å². The fraction of sp³-hybridized carbons (Fsp3) is 0.182. The van der Waals surface area contributed by atoms with E-state index in [0.717, 1.165) is 13.0 Å². The lowest BCUT2D eigenvalue weighted by atomic mass is 10.1. The Kier molecular flexibility index (Phi) is 6.18. The number of ether oxygens (including phenoxy) is 1. The molecule has 0 spiro atoms. The molecule has 27 heavy (non-hydrogen) atoms. The van der Waals surface area contributed by atoms with Crippen molar-refractivity contribution in [3.63, 3.8) is 0 Å². The van der Waals surface area contributed by atoms with Gasteiger partial charge in [0.1, 0.15) is 5.75 Å². The van der Waals surface area contributed by atoms with Gasteiger partial charge in [0.2, 0.25) is 11.8 Å². The Morgan fingerprint density at radius 3 is 2.41 bits per heavy atom. The van der Waals surface area contributed by atoms with Crippen molar-refractivity contribution in [2.75, 3.05) is 0 Å². The lowest BCUT2D eigenvalue weighted by Crippen LogP contribution is -2.27. The highest BCUT2D eigenvalue weighted by Crippen LogP contribution is 2.20. The number of primary amides is 1. The van der Waals surface area contributed by atoms with Crippen LogP contribution in [-0.4, -0.2) is 16.9 Å². The predicted molar refractivity (Wildman–Crippen MR) is 106 cm³/mol. The number of aromatic nitrogens is 1. The van der Waals surface area contributed by atoms with Crippen molar-refractivity contribution in [1.82, 2.24) is 10.3 Å². The molecule has 1 heterocycles. The van der Waals surface area contributed by atoms with Crippen LogP contribution in [0, 0.1) is 0 Å². The van der Waals surface area contributed by atoms with E-state index in [9.17, 15) is 4.79 Å². The standard InChI is InChI=1S/C22H23N3O2/c1-16(24-14-18-5-3-2-4-6-18)13-17-7-10-20(11-8-17)27-21-12-9-19(15-25-21)22(23)26/h2-12,15-16,24H,13-14H2,1H3,(H2,23,26)/t16-/m1/s1. The number of nitrogens with zero attached hydrogens (tertiary/aromatic N) is 1. The number of carbonyl (C=O) groups excluding carboxylic acids is 1. The van der Waals surface area contributed by atoms with Gasteiger partial charge in [-0.25, -0.2) is 4.98 Å². The maximum absolute atomic E-state index is 11.1. The second kappa shape index (κ2) is 8.96. The molecular formula is C22H23N3O2. The van der Waals surface area contributed by atoms with Crippen LogP contribution in [0.4, 0.5) is 0 Å². The van der Waals surface area contributed by atoms with Crippen molar-refractivity contribution < 1.29 is 9.53 Å². The van der Waals surface area contributed by atoms with Gasteiger partial charge in [-0.15, -0.1) is 0 Å². The summed E-state index contributed by atoms with van der Waals surface area (Å²) in [5.74, 6) is 0.613. The van der Waals surface area contributed by atoms with Crippen molar-refractivity contribution in [3.8, 4) is 11.6 Å². The van der Waals surface area contributed by atoms with Crippen LogP contribution in [0.2, 0.25) is 0 Å². The van der Waals surface area contributed by atoms with Crippen LogP contribution in [0.25, 0.3) is 0 Å². The van der Waals surface area contributed by atoms with Crippen molar-refractivity contribution in [3.05, 3.63) is 89.6 Å². The van der Waals surface area contributed by atoms with Gasteiger partial charge in [0.05, 0.1) is 5.56 Å². The summed E-state index contributed by atoms with van der Waals surface area (Å²) in [5.41, 5.74) is 8.07. The van der Waals surface area contributed by atoms with Crippen molar-refractivity contribution in [2.24, 2.45) is 5.73 Å². The highest BCUT2D eigenvalue weighted by molar-refractivity contribution is 5.92. The van der Waals surface area contributed by atoms with Gasteiger partial charge in [-0.2, -0.15) is 0 Å². The zero-order valence-corrected chi connectivity index (χ0v) is 15.3. The van der Waals surface area contributed by atoms with E-state index in [1.54, 1.807) is 12.1 Å². The third-order valence-electron chi connectivity index (χ3n) is 4.21. The zero-order valence-electron chi connectivity index (χ0n) is 15.3. The molecule has 2 aromatic carbocycles. The fourth-order valence-electron chi connectivity index (χ4n) is 2.71. The van der Waals surface area contributed by atoms with Crippen LogP contribution in [0.5, 0.6) is 11.6 Å². The van der Waals surface area contributed by atoms with E-state index in [4.69, 9.17) is 10.5 Å². The Hall–Kier alpha value is -3.18. The minimum absolute atomic E-state index is 0.356. The fourth-order valence-corrected chi connectivity index (χ4v) is 2.71. The van der Waals surface area contributed by atoms with E-state index < -0.39 is 5.91 Å². The van der Waals surface area contributed by atoms with Crippen LogP contribution < -0.4 is 15.8 Å². The highest BCUT2D eigenvalue weighted by atomic mass is 16.5. The van der Waals surface area contributed by atoms with Gasteiger partial charge in [-0.1, -0.05) is 42.5 Å². The Morgan fingerprint density at radius 2 is 1.78 bits per heavy atom. The second-order valence-corrected chi connectivity index (χ2v) is 6.47. The monoisotopic (exact) mass is 361 g/mol. The minimum atomic E-state index is -0.506. The molecule has 0 bridgehead atoms. The quantitative estimate of drug-likeness (QED) is 0.641. The average molecular weight is 361 g/mol. The van der Waals surface area contributed by atoms with E-state index >= 15 is 0 Å². The van der Waals surface area contributed by atoms with Gasteiger partial charge in [0.25, 0.3) is 0 Å². The van der Waals surface area contributed by atoms with Crippen LogP contribution in [0.15, 0.2) is 72.9 Å². The molecule has 0 saturated heterocycles. The molecular weight excluding hydrogens is 338 g/mol. The summed E-state index contributed by atoms with van der Waals surface area (Å²) in [5, 5.41) is 3.54. The molecule has 1 aromatic heterocycles. The number of carbonyl (C=O) groups is 1. The van der Waals surface area contributed by atoms with E-state index in [-0.39, 0.29) is 0 Å². The molecule has 3 N–H and O–H groups in total. The number of nitrogens with one attached hydrogen (secondary N) is 1. The molecule has 0 aliphatic heterocycles. The molecule has 0 aliphatic carbocycles. The molecule has 0 fully saturated rings. The minimum Gasteiger partial charge on any atom is -0.439 e. The number of benzene rings is 2. The smallest absolute Gasteiger partial charge is 0.250 e. The molecule has 0 radical (unpaired) electrons. The first-order valence-electron chi connectivity index (χ1n) is 8.90. The lowest BCUT2D eigenvalue weighted by molar-refractivity contribution is 0.1000. The Bertz CT molecular complexity index is 862. The van der Waals surface area contributed by atoms with Crippen LogP contribution in [0.1, 0.15) is 28.4 Å². The SMILES string of the molecule is C[C@H](Cc1ccc(Oc2ccc(C(N)=O)cn2)cc1)NCc1ccccc1. The first-order chi connectivity index (χ1) is 13.1. The maximum atomic E-state index is 11.1. The lowest BCUT2D eigenvalue weighted by Gasteiger charge is -2.14. The van der Waals surface area contributed by atoms with Gasteiger partial charge in [0, 0.05) is 24.8 Å². The molecule has 3 aromatic rings. The highest BCUT2D eigenvalue weighted by Gasteiger charge is 2.06. The summed E-state index contributed by atoms with van der Waals surface area (Å²) in [6, 6.07) is 21.9. The first kappa shape index (κ1) is 18.6. The topological polar surface area (TPSA) is 77.2 Å². The van der Waals surface area contributed by atoms with Crippen LogP contribution in [0.3, 0.4) is 0 Å². The van der Waals surface area contributed by atoms with E-state index in [0.29, 0.717) is 23.2 Å². The van der Waals surface area contributed by atoms with Crippen LogP contribution >= 0.6 is 0 Å². The summed E-state index contributed by atoms with van der Waals surface area (Å²) < 4.78 is 5.70. The summed E-state index contributed by atoms with van der Waals surface area (Å²) in [7, 11) is 0. The van der Waals surface area contributed by atoms with Crippen LogP contribution in [-0.2, 0) is 13.0 Å². The van der Waals surface area contributed by atoms with Crippen molar-refractivity contribution in [2.45, 2.75) is 25.9 Å². The Labute approximate surface area is 159 Å². The van der Waals surface area contributed by atoms with Crippen molar-refractivity contribution in [1.29, 1.82) is 0 Å². The molecule has 1 atom stereocenters. The molecule has 0 unspecified atom stereocenters. The number of amides is 1. The number of hydrogen-bond donors (Lipinski definition) is 2. The maximum Gasteiger partial charge on any atom is 0.250 e. The average Bonchev–Trinajstić information content (AvgIpc) is 2.69. The van der Waals surface area contributed by atoms with Gasteiger partial charge >= 0.3 is 0 Å². The van der Waals surface area contributed by atoms with E-state index in [1.165, 1.54) is 17.3 Å². The number of hydrogen-bond acceptors (Lipinski definition) is 4. The Balaban J connectivity index is 1.51. The van der Waals surface area contributed by atoms with Gasteiger partial charge in [0.15, 0.2) is 0 Å². The summed E-state index contributed by atoms with van der Waals surface area (Å²) in [6.45, 7) is 3.04. The predicted octanol–water partition coefficient (Wildman–Crippen LogP) is 3.69. The number of nitrogens with two attached hydrogens (primary N) is 1. The van der Waals surface area contributed by atoms with Gasteiger partial charge in [-0.3, -0.25) is 4.79 Å². The normalized spacial score (nSPS) is 11.7. The third-order valence-corrected chi connectivity index (χ3v) is 4.21. The summed E-state index contributed by atoms with van der Waals surface area (Å²) in [6.07, 6.45) is 2.34. The molecule has 3 rings (SSSR count). The second-order valence-electron chi connectivity index (χ2n) is 6.47. The number of pyridine rings is 1. The first-order valence-corrected chi connectivity index (χ1v) is 8.90. The van der Waals surface area contributed by atoms with E-state index in [1.807, 2.05) is 30.3 Å². The van der Waals surface area contributed by atoms with E-state index in [2.05, 4.69) is 41.5 Å². The summed E-state index contributed by atoms with van der Waals surface area (Å²) >= 11 is 0. The summed E-state index contributed by atoms with van der Waals surface area (Å²) in [4.78, 5) is 15.1. The zero-order chi connectivity index (χ0) is 19.1. The molecule has 1 amide bonds. The molecule has 5 heteroatoms. The molecule has 0 aliphatic rings. The molecule has 138 valence electrons. The van der Waals surface area contributed by atoms with Gasteiger partial charge in [-0.05, 0) is 42.7 Å².